The lowest BCUT2D eigenvalue weighted by molar-refractivity contribution is -0.152. The lowest BCUT2D eigenvalue weighted by Crippen LogP contribution is -2.34. The van der Waals surface area contributed by atoms with Gasteiger partial charge < -0.3 is 14.6 Å². The van der Waals surface area contributed by atoms with Gasteiger partial charge in [-0.05, 0) is 38.3 Å². The van der Waals surface area contributed by atoms with Gasteiger partial charge in [-0.3, -0.25) is 9.59 Å². The molecule has 6 nitrogen and oxygen atoms in total. The molecule has 1 aromatic rings. The molecular weight excluding hydrogens is 535 g/mol. The SMILES string of the molecule is CCCCCCCCCCCCC(=O)OC1(c2ccccc2C(=O)OC(C)CCCCCC)C=CC(C(=O)O)C(F)=C1. The number of carboxylic acid groups (broad SMARTS) is 1. The Morgan fingerprint density at radius 2 is 1.45 bits per heavy atom. The van der Waals surface area contributed by atoms with Crippen LogP contribution in [-0.2, 0) is 24.7 Å². The van der Waals surface area contributed by atoms with Crippen LogP contribution in [0.25, 0.3) is 0 Å². The van der Waals surface area contributed by atoms with E-state index in [0.29, 0.717) is 6.42 Å². The highest BCUT2D eigenvalue weighted by atomic mass is 19.1. The first-order valence-corrected chi connectivity index (χ1v) is 16.1. The number of rotatable bonds is 21. The van der Waals surface area contributed by atoms with Gasteiger partial charge in [-0.1, -0.05) is 115 Å². The van der Waals surface area contributed by atoms with Crippen LogP contribution in [0.15, 0.2) is 48.3 Å². The predicted molar refractivity (Wildman–Crippen MR) is 164 cm³/mol. The normalized spacial score (nSPS) is 18.8. The second kappa shape index (κ2) is 19.3. The van der Waals surface area contributed by atoms with E-state index >= 15 is 4.39 Å². The molecule has 1 aliphatic carbocycles. The molecule has 1 aromatic carbocycles. The average Bonchev–Trinajstić information content (AvgIpc) is 2.96. The van der Waals surface area contributed by atoms with Crippen molar-refractivity contribution < 1.29 is 33.4 Å². The van der Waals surface area contributed by atoms with Crippen molar-refractivity contribution in [2.24, 2.45) is 5.92 Å². The summed E-state index contributed by atoms with van der Waals surface area (Å²) in [6.07, 6.45) is 19.6. The van der Waals surface area contributed by atoms with Crippen molar-refractivity contribution in [3.63, 3.8) is 0 Å². The lowest BCUT2D eigenvalue weighted by Gasteiger charge is -2.32. The Morgan fingerprint density at radius 1 is 0.881 bits per heavy atom. The number of unbranched alkanes of at least 4 members (excludes halogenated alkanes) is 12. The maximum absolute atomic E-state index is 15.1. The number of hydrogen-bond donors (Lipinski definition) is 1. The summed E-state index contributed by atoms with van der Waals surface area (Å²) in [5, 5.41) is 9.42. The number of ether oxygens (including phenoxy) is 2. The van der Waals surface area contributed by atoms with E-state index in [0.717, 1.165) is 57.4 Å². The highest BCUT2D eigenvalue weighted by molar-refractivity contribution is 5.92. The van der Waals surface area contributed by atoms with Crippen molar-refractivity contribution >= 4 is 17.9 Å². The largest absolute Gasteiger partial charge is 0.480 e. The predicted octanol–water partition coefficient (Wildman–Crippen LogP) is 9.38. The van der Waals surface area contributed by atoms with E-state index in [2.05, 4.69) is 13.8 Å². The second-order valence-corrected chi connectivity index (χ2v) is 11.5. The number of esters is 2. The fourth-order valence-electron chi connectivity index (χ4n) is 5.32. The van der Waals surface area contributed by atoms with E-state index < -0.39 is 35.3 Å². The minimum absolute atomic E-state index is 0.144. The number of carbonyl (C=O) groups is 3. The summed E-state index contributed by atoms with van der Waals surface area (Å²) in [5.41, 5.74) is -1.38. The molecule has 0 bridgehead atoms. The van der Waals surface area contributed by atoms with E-state index in [-0.39, 0.29) is 23.7 Å². The molecule has 0 spiro atoms. The molecule has 42 heavy (non-hydrogen) atoms. The van der Waals surface area contributed by atoms with E-state index in [1.807, 2.05) is 6.92 Å². The Balaban J connectivity index is 2.11. The van der Waals surface area contributed by atoms with Gasteiger partial charge in [0.1, 0.15) is 11.7 Å². The quantitative estimate of drug-likeness (QED) is 0.0877. The van der Waals surface area contributed by atoms with Gasteiger partial charge in [0.05, 0.1) is 11.7 Å². The van der Waals surface area contributed by atoms with Crippen LogP contribution in [-0.4, -0.2) is 29.1 Å². The maximum atomic E-state index is 15.1. The van der Waals surface area contributed by atoms with Crippen molar-refractivity contribution in [2.45, 2.75) is 135 Å². The summed E-state index contributed by atoms with van der Waals surface area (Å²) in [4.78, 5) is 37.9. The van der Waals surface area contributed by atoms with Gasteiger partial charge >= 0.3 is 17.9 Å². The van der Waals surface area contributed by atoms with Gasteiger partial charge in [-0.2, -0.15) is 0 Å². The molecule has 3 atom stereocenters. The van der Waals surface area contributed by atoms with Crippen LogP contribution in [0.2, 0.25) is 0 Å². The van der Waals surface area contributed by atoms with Crippen molar-refractivity contribution in [2.75, 3.05) is 0 Å². The van der Waals surface area contributed by atoms with Gasteiger partial charge in [0.2, 0.25) is 0 Å². The monoisotopic (exact) mass is 586 g/mol. The van der Waals surface area contributed by atoms with Crippen LogP contribution in [0, 0.1) is 5.92 Å². The summed E-state index contributed by atoms with van der Waals surface area (Å²) in [5.74, 6) is -4.93. The Bertz CT molecular complexity index is 1050. The van der Waals surface area contributed by atoms with Gasteiger partial charge in [0, 0.05) is 18.1 Å². The molecule has 0 heterocycles. The fraction of sp³-hybridized carbons (Fsp3) is 0.629. The van der Waals surface area contributed by atoms with Crippen molar-refractivity contribution in [1.82, 2.24) is 0 Å². The zero-order valence-electron chi connectivity index (χ0n) is 25.9. The van der Waals surface area contributed by atoms with E-state index in [9.17, 15) is 19.5 Å². The number of carboxylic acids is 1. The number of hydrogen-bond acceptors (Lipinski definition) is 5. The zero-order chi connectivity index (χ0) is 30.8. The van der Waals surface area contributed by atoms with Crippen LogP contribution in [0.1, 0.15) is 139 Å². The highest BCUT2D eigenvalue weighted by Crippen LogP contribution is 2.39. The topological polar surface area (TPSA) is 89.9 Å². The van der Waals surface area contributed by atoms with Gasteiger partial charge in [-0.15, -0.1) is 0 Å². The van der Waals surface area contributed by atoms with Crippen LogP contribution >= 0.6 is 0 Å². The summed E-state index contributed by atoms with van der Waals surface area (Å²) >= 11 is 0. The average molecular weight is 587 g/mol. The highest BCUT2D eigenvalue weighted by Gasteiger charge is 2.41. The van der Waals surface area contributed by atoms with Crippen molar-refractivity contribution in [1.29, 1.82) is 0 Å². The van der Waals surface area contributed by atoms with Crippen LogP contribution in [0.5, 0.6) is 0 Å². The van der Waals surface area contributed by atoms with Gasteiger partial charge in [0.15, 0.2) is 5.60 Å². The number of aliphatic carboxylic acids is 1. The van der Waals surface area contributed by atoms with Crippen LogP contribution in [0.3, 0.4) is 0 Å². The molecule has 2 rings (SSSR count). The molecule has 1 aliphatic rings. The third-order valence-electron chi connectivity index (χ3n) is 7.81. The second-order valence-electron chi connectivity index (χ2n) is 11.5. The third kappa shape index (κ3) is 11.7. The minimum atomic E-state index is -1.76. The van der Waals surface area contributed by atoms with Crippen molar-refractivity contribution in [3.8, 4) is 0 Å². The first kappa shape index (κ1) is 35.2. The molecule has 0 amide bonds. The maximum Gasteiger partial charge on any atom is 0.338 e. The standard InChI is InChI=1S/C35H51FO6/c1-4-6-8-10-11-12-13-14-15-17-23-32(37)42-35(25-24-29(33(38)39)31(36)26-35)30-22-19-18-21-28(30)34(40)41-27(3)20-16-9-7-5-2/h18-19,21-22,24-27,29H,4-17,20,23H2,1-3H3,(H,38,39). The van der Waals surface area contributed by atoms with E-state index in [1.54, 1.807) is 24.3 Å². The first-order valence-electron chi connectivity index (χ1n) is 16.1. The summed E-state index contributed by atoms with van der Waals surface area (Å²) in [6, 6.07) is 6.48. The van der Waals surface area contributed by atoms with E-state index in [4.69, 9.17) is 9.47 Å². The molecule has 0 saturated carbocycles. The van der Waals surface area contributed by atoms with Gasteiger partial charge in [0.25, 0.3) is 0 Å². The van der Waals surface area contributed by atoms with Crippen LogP contribution in [0.4, 0.5) is 4.39 Å². The summed E-state index contributed by atoms with van der Waals surface area (Å²) in [6.45, 7) is 6.18. The molecule has 3 unspecified atom stereocenters. The third-order valence-corrected chi connectivity index (χ3v) is 7.81. The molecule has 0 saturated heterocycles. The minimum Gasteiger partial charge on any atom is -0.480 e. The van der Waals surface area contributed by atoms with Crippen LogP contribution < -0.4 is 0 Å². The molecule has 234 valence electrons. The number of benzene rings is 1. The summed E-state index contributed by atoms with van der Waals surface area (Å²) in [7, 11) is 0. The molecule has 0 radical (unpaired) electrons. The lowest BCUT2D eigenvalue weighted by atomic mass is 9.83. The van der Waals surface area contributed by atoms with E-state index in [1.165, 1.54) is 50.7 Å². The smallest absolute Gasteiger partial charge is 0.338 e. The molecule has 7 heteroatoms. The molecule has 1 N–H and O–H groups in total. The van der Waals surface area contributed by atoms with Gasteiger partial charge in [-0.25, -0.2) is 9.18 Å². The summed E-state index contributed by atoms with van der Waals surface area (Å²) < 4.78 is 26.7. The number of halogens is 1. The first-order chi connectivity index (χ1) is 20.2. The molecule has 0 aromatic heterocycles. The molecule has 0 fully saturated rings. The van der Waals surface area contributed by atoms with Crippen molar-refractivity contribution in [3.05, 3.63) is 59.4 Å². The Kier molecular flexibility index (Phi) is 16.2. The number of carbonyl (C=O) groups excluding carboxylic acids is 2. The Hall–Kier alpha value is -2.96. The Morgan fingerprint density at radius 3 is 2.05 bits per heavy atom. The molecule has 0 aliphatic heterocycles. The Labute approximate surface area is 251 Å². The zero-order valence-corrected chi connectivity index (χ0v) is 25.9. The fourth-order valence-corrected chi connectivity index (χ4v) is 5.32. The molecular formula is C35H51FO6.